The minimum Gasteiger partial charge on any atom is -0.494 e. The number of aliphatic carboxylic acids is 1. The molecule has 226 valence electrons. The molecule has 1 fully saturated rings. The Morgan fingerprint density at radius 2 is 1.45 bits per heavy atom. The zero-order valence-electron chi connectivity index (χ0n) is 22.8. The van der Waals surface area contributed by atoms with Gasteiger partial charge in [0, 0.05) is 37.6 Å². The first-order chi connectivity index (χ1) is 19.7. The zero-order valence-corrected chi connectivity index (χ0v) is 23.6. The fraction of sp³-hybridized carbons (Fsp3) is 0.286. The molecule has 1 aliphatic rings. The van der Waals surface area contributed by atoms with Gasteiger partial charge in [0.05, 0.1) is 22.8 Å². The first-order valence-corrected chi connectivity index (χ1v) is 14.2. The fourth-order valence-electron chi connectivity index (χ4n) is 4.13. The lowest BCUT2D eigenvalue weighted by Crippen LogP contribution is -2.46. The lowest BCUT2D eigenvalue weighted by atomic mass is 10.1. The minimum absolute atomic E-state index is 0.0218. The molecule has 3 aromatic rings. The minimum atomic E-state index is -5.08. The molecule has 0 amide bonds. The quantitative estimate of drug-likeness (QED) is 0.327. The molecule has 0 spiro atoms. The Labute approximate surface area is 241 Å². The van der Waals surface area contributed by atoms with Gasteiger partial charge in [-0.15, -0.1) is 0 Å². The van der Waals surface area contributed by atoms with Crippen LogP contribution >= 0.6 is 0 Å². The van der Waals surface area contributed by atoms with Crippen LogP contribution < -0.4 is 19.3 Å². The van der Waals surface area contributed by atoms with Crippen molar-refractivity contribution in [2.24, 2.45) is 0 Å². The van der Waals surface area contributed by atoms with Gasteiger partial charge in [-0.1, -0.05) is 12.1 Å². The fourth-order valence-corrected chi connectivity index (χ4v) is 5.21. The molecule has 1 heterocycles. The maximum atomic E-state index is 12.9. The molecule has 10 nitrogen and oxygen atoms in total. The van der Waals surface area contributed by atoms with Gasteiger partial charge in [0.1, 0.15) is 5.75 Å². The first kappa shape index (κ1) is 32.1. The molecular formula is C28H30F3N3O7S. The number of piperazine rings is 1. The number of anilines is 3. The van der Waals surface area contributed by atoms with E-state index in [0.717, 1.165) is 31.9 Å². The second-order valence-electron chi connectivity index (χ2n) is 9.16. The van der Waals surface area contributed by atoms with Crippen LogP contribution in [-0.4, -0.2) is 69.5 Å². The smallest absolute Gasteiger partial charge is 0.490 e. The highest BCUT2D eigenvalue weighted by molar-refractivity contribution is 7.92. The molecule has 0 saturated carbocycles. The summed E-state index contributed by atoms with van der Waals surface area (Å²) >= 11 is 0. The first-order valence-electron chi connectivity index (χ1n) is 12.7. The van der Waals surface area contributed by atoms with Gasteiger partial charge >= 0.3 is 18.1 Å². The number of benzene rings is 3. The van der Waals surface area contributed by atoms with Crippen molar-refractivity contribution in [2.75, 3.05) is 47.3 Å². The molecule has 0 atom stereocenters. The lowest BCUT2D eigenvalue weighted by Gasteiger charge is -2.37. The summed E-state index contributed by atoms with van der Waals surface area (Å²) in [4.78, 5) is 25.3. The van der Waals surface area contributed by atoms with Gasteiger partial charge < -0.3 is 24.7 Å². The SMILES string of the molecule is CCOc1ccc(S(=O)(=O)Nc2ccc(N3CCN(c4cccc(C)c4)CC3)cc2C(=O)O)cc1.O=C(O)C(F)(F)F. The molecule has 3 aromatic carbocycles. The molecule has 0 radical (unpaired) electrons. The third-order valence-corrected chi connectivity index (χ3v) is 7.56. The number of carboxylic acid groups (broad SMARTS) is 2. The Bertz CT molecular complexity index is 1510. The number of nitrogens with zero attached hydrogens (tertiary/aromatic N) is 2. The molecule has 42 heavy (non-hydrogen) atoms. The number of hydrogen-bond acceptors (Lipinski definition) is 7. The molecule has 4 rings (SSSR count). The van der Waals surface area contributed by atoms with Crippen molar-refractivity contribution in [3.63, 3.8) is 0 Å². The second kappa shape index (κ2) is 13.5. The van der Waals surface area contributed by atoms with E-state index >= 15 is 0 Å². The van der Waals surface area contributed by atoms with E-state index in [9.17, 15) is 31.5 Å². The standard InChI is InChI=1S/C26H29N3O5S.C2HF3O2/c1-3-34-22-8-10-23(11-9-22)35(32,33)27-25-12-7-21(18-24(25)26(30)31)29-15-13-28(14-16-29)20-6-4-5-19(2)17-20;3-2(4,5)1(6)7/h4-12,17-18,27H,3,13-16H2,1-2H3,(H,30,31);(H,6,7). The molecule has 3 N–H and O–H groups in total. The topological polar surface area (TPSA) is 136 Å². The van der Waals surface area contributed by atoms with Gasteiger partial charge in [-0.3, -0.25) is 4.72 Å². The maximum Gasteiger partial charge on any atom is 0.490 e. The summed E-state index contributed by atoms with van der Waals surface area (Å²) < 4.78 is 65.2. The number of aryl methyl sites for hydroxylation is 1. The highest BCUT2D eigenvalue weighted by Crippen LogP contribution is 2.28. The maximum absolute atomic E-state index is 12.9. The number of alkyl halides is 3. The lowest BCUT2D eigenvalue weighted by molar-refractivity contribution is -0.192. The van der Waals surface area contributed by atoms with Crippen molar-refractivity contribution in [1.82, 2.24) is 0 Å². The van der Waals surface area contributed by atoms with Crippen LogP contribution in [0.5, 0.6) is 5.75 Å². The third-order valence-electron chi connectivity index (χ3n) is 6.18. The van der Waals surface area contributed by atoms with E-state index in [0.29, 0.717) is 12.4 Å². The molecule has 0 aromatic heterocycles. The van der Waals surface area contributed by atoms with Crippen LogP contribution in [0.1, 0.15) is 22.8 Å². The zero-order chi connectivity index (χ0) is 31.1. The monoisotopic (exact) mass is 609 g/mol. The molecule has 1 aliphatic heterocycles. The summed E-state index contributed by atoms with van der Waals surface area (Å²) in [6.07, 6.45) is -5.08. The molecule has 0 bridgehead atoms. The van der Waals surface area contributed by atoms with Gasteiger partial charge in [0.2, 0.25) is 0 Å². The predicted molar refractivity (Wildman–Crippen MR) is 151 cm³/mol. The average molecular weight is 610 g/mol. The molecule has 0 aliphatic carbocycles. The Kier molecular flexibility index (Phi) is 10.3. The Hall–Kier alpha value is -4.46. The number of ether oxygens (including phenoxy) is 1. The van der Waals surface area contributed by atoms with E-state index in [4.69, 9.17) is 14.6 Å². The van der Waals surface area contributed by atoms with E-state index in [1.165, 1.54) is 35.5 Å². The number of aromatic carboxylic acids is 1. The summed E-state index contributed by atoms with van der Waals surface area (Å²) in [5.74, 6) is -3.40. The van der Waals surface area contributed by atoms with Crippen LogP contribution in [0, 0.1) is 6.92 Å². The summed E-state index contributed by atoms with van der Waals surface area (Å²) in [6.45, 7) is 7.44. The number of nitrogens with one attached hydrogen (secondary N) is 1. The average Bonchev–Trinajstić information content (AvgIpc) is 2.93. The van der Waals surface area contributed by atoms with Gasteiger partial charge in [-0.05, 0) is 74.0 Å². The molecule has 0 unspecified atom stereocenters. The van der Waals surface area contributed by atoms with Crippen LogP contribution in [0.25, 0.3) is 0 Å². The number of carbonyl (C=O) groups is 2. The van der Waals surface area contributed by atoms with E-state index < -0.39 is 28.1 Å². The normalized spacial score (nSPS) is 13.5. The van der Waals surface area contributed by atoms with Crippen molar-refractivity contribution in [2.45, 2.75) is 24.9 Å². The molecular weight excluding hydrogens is 579 g/mol. The second-order valence-corrected chi connectivity index (χ2v) is 10.8. The third kappa shape index (κ3) is 8.52. The van der Waals surface area contributed by atoms with Crippen LogP contribution in [0.15, 0.2) is 71.6 Å². The van der Waals surface area contributed by atoms with Gasteiger partial charge in [-0.25, -0.2) is 18.0 Å². The van der Waals surface area contributed by atoms with Gasteiger partial charge in [-0.2, -0.15) is 13.2 Å². The Balaban J connectivity index is 0.000000616. The van der Waals surface area contributed by atoms with E-state index in [1.807, 2.05) is 13.0 Å². The van der Waals surface area contributed by atoms with Gasteiger partial charge in [0.25, 0.3) is 10.0 Å². The largest absolute Gasteiger partial charge is 0.494 e. The molecule has 1 saturated heterocycles. The van der Waals surface area contributed by atoms with Crippen molar-refractivity contribution in [1.29, 1.82) is 0 Å². The van der Waals surface area contributed by atoms with Crippen LogP contribution in [0.4, 0.5) is 30.2 Å². The highest BCUT2D eigenvalue weighted by atomic mass is 32.2. The summed E-state index contributed by atoms with van der Waals surface area (Å²) in [6, 6.07) is 19.1. The summed E-state index contributed by atoms with van der Waals surface area (Å²) in [5.41, 5.74) is 3.05. The highest BCUT2D eigenvalue weighted by Gasteiger charge is 2.38. The van der Waals surface area contributed by atoms with Crippen molar-refractivity contribution < 1.29 is 46.1 Å². The van der Waals surface area contributed by atoms with Crippen LogP contribution in [-0.2, 0) is 14.8 Å². The number of halogens is 3. The summed E-state index contributed by atoms with van der Waals surface area (Å²) in [5, 5.41) is 16.9. The Morgan fingerprint density at radius 1 is 0.905 bits per heavy atom. The van der Waals surface area contributed by atoms with Crippen LogP contribution in [0.2, 0.25) is 0 Å². The number of sulfonamides is 1. The predicted octanol–water partition coefficient (Wildman–Crippen LogP) is 4.85. The van der Waals surface area contributed by atoms with E-state index in [1.54, 1.807) is 18.2 Å². The van der Waals surface area contributed by atoms with E-state index in [-0.39, 0.29) is 16.1 Å². The van der Waals surface area contributed by atoms with Crippen molar-refractivity contribution in [3.8, 4) is 5.75 Å². The number of carboxylic acids is 2. The van der Waals surface area contributed by atoms with Crippen LogP contribution in [0.3, 0.4) is 0 Å². The van der Waals surface area contributed by atoms with Crippen molar-refractivity contribution in [3.05, 3.63) is 77.9 Å². The number of rotatable bonds is 8. The van der Waals surface area contributed by atoms with Crippen molar-refractivity contribution >= 4 is 39.0 Å². The molecule has 14 heteroatoms. The Morgan fingerprint density at radius 3 is 1.93 bits per heavy atom. The van der Waals surface area contributed by atoms with Gasteiger partial charge in [0.15, 0.2) is 0 Å². The van der Waals surface area contributed by atoms with E-state index in [2.05, 4.69) is 39.6 Å². The number of hydrogen-bond donors (Lipinski definition) is 3. The summed E-state index contributed by atoms with van der Waals surface area (Å²) in [7, 11) is -3.97.